The van der Waals surface area contributed by atoms with Gasteiger partial charge in [-0.05, 0) is 36.4 Å². The van der Waals surface area contributed by atoms with Gasteiger partial charge in [0, 0.05) is 32.1 Å². The molecule has 0 spiro atoms. The lowest BCUT2D eigenvalue weighted by molar-refractivity contribution is 0.0594. The summed E-state index contributed by atoms with van der Waals surface area (Å²) < 4.78 is 5.92. The lowest BCUT2D eigenvalue weighted by Gasteiger charge is -2.32. The number of piperidine rings is 1. The van der Waals surface area contributed by atoms with Gasteiger partial charge in [0.2, 0.25) is 0 Å². The zero-order valence-electron chi connectivity index (χ0n) is 14.1. The minimum Gasteiger partial charge on any atom is -0.490 e. The second-order valence-electron chi connectivity index (χ2n) is 6.04. The van der Waals surface area contributed by atoms with E-state index in [0.717, 1.165) is 18.6 Å². The van der Waals surface area contributed by atoms with Crippen LogP contribution >= 0.6 is 0 Å². The molecule has 0 radical (unpaired) electrons. The minimum atomic E-state index is -0.621. The third kappa shape index (κ3) is 3.98. The number of pyridine rings is 1. The standard InChI is InChI=1S/C19H18N4O3/c20-11-13-1-4-15(5-2-13)26-16-7-9-23(10-8-16)19(25)14-3-6-17(18(21)24)22-12-14/h1-6,12,16H,7-10H2,(H2,21,24). The van der Waals surface area contributed by atoms with Gasteiger partial charge in [0.05, 0.1) is 17.2 Å². The van der Waals surface area contributed by atoms with Crippen LogP contribution in [0.5, 0.6) is 5.75 Å². The number of rotatable bonds is 4. The van der Waals surface area contributed by atoms with Crippen LogP contribution in [0.4, 0.5) is 0 Å². The van der Waals surface area contributed by atoms with Gasteiger partial charge in [-0.25, -0.2) is 0 Å². The molecule has 1 aromatic heterocycles. The topological polar surface area (TPSA) is 109 Å². The van der Waals surface area contributed by atoms with Crippen LogP contribution in [-0.2, 0) is 0 Å². The fourth-order valence-corrected chi connectivity index (χ4v) is 2.83. The van der Waals surface area contributed by atoms with E-state index in [4.69, 9.17) is 15.7 Å². The van der Waals surface area contributed by atoms with Gasteiger partial charge in [-0.15, -0.1) is 0 Å². The number of likely N-dealkylation sites (tertiary alicyclic amines) is 1. The number of nitrogens with zero attached hydrogens (tertiary/aromatic N) is 3. The van der Waals surface area contributed by atoms with E-state index < -0.39 is 5.91 Å². The first kappa shape index (κ1) is 17.4. The first-order valence-electron chi connectivity index (χ1n) is 8.29. The van der Waals surface area contributed by atoms with Gasteiger partial charge < -0.3 is 15.4 Å². The average Bonchev–Trinajstić information content (AvgIpc) is 2.69. The van der Waals surface area contributed by atoms with Gasteiger partial charge in [0.25, 0.3) is 11.8 Å². The van der Waals surface area contributed by atoms with Gasteiger partial charge in [-0.3, -0.25) is 14.6 Å². The summed E-state index contributed by atoms with van der Waals surface area (Å²) in [6.45, 7) is 1.16. The smallest absolute Gasteiger partial charge is 0.267 e. The molecule has 0 bridgehead atoms. The number of aromatic nitrogens is 1. The Labute approximate surface area is 151 Å². The normalized spacial score (nSPS) is 14.5. The second-order valence-corrected chi connectivity index (χ2v) is 6.04. The number of hydrogen-bond acceptors (Lipinski definition) is 5. The molecule has 26 heavy (non-hydrogen) atoms. The van der Waals surface area contributed by atoms with Crippen LogP contribution in [0.25, 0.3) is 0 Å². The van der Waals surface area contributed by atoms with Gasteiger partial charge in [0.15, 0.2) is 0 Å². The minimum absolute atomic E-state index is 0.0300. The Morgan fingerprint density at radius 1 is 1.15 bits per heavy atom. The molecule has 3 rings (SSSR count). The molecule has 1 fully saturated rings. The molecule has 1 saturated heterocycles. The summed E-state index contributed by atoms with van der Waals surface area (Å²) in [4.78, 5) is 29.2. The Hall–Kier alpha value is -3.40. The molecule has 1 aliphatic heterocycles. The molecule has 0 unspecified atom stereocenters. The Morgan fingerprint density at radius 2 is 1.85 bits per heavy atom. The highest BCUT2D eigenvalue weighted by atomic mass is 16.5. The maximum absolute atomic E-state index is 12.5. The summed E-state index contributed by atoms with van der Waals surface area (Å²) in [6.07, 6.45) is 2.85. The molecule has 7 nitrogen and oxygen atoms in total. The highest BCUT2D eigenvalue weighted by Gasteiger charge is 2.25. The van der Waals surface area contributed by atoms with E-state index >= 15 is 0 Å². The van der Waals surface area contributed by atoms with Gasteiger partial charge >= 0.3 is 0 Å². The first-order valence-corrected chi connectivity index (χ1v) is 8.29. The molecule has 2 N–H and O–H groups in total. The molecule has 1 aromatic carbocycles. The number of hydrogen-bond donors (Lipinski definition) is 1. The van der Waals surface area contributed by atoms with E-state index in [1.54, 1.807) is 35.2 Å². The van der Waals surface area contributed by atoms with E-state index in [0.29, 0.717) is 24.2 Å². The zero-order chi connectivity index (χ0) is 18.5. The lowest BCUT2D eigenvalue weighted by Crippen LogP contribution is -2.41. The summed E-state index contributed by atoms with van der Waals surface area (Å²) >= 11 is 0. The highest BCUT2D eigenvalue weighted by Crippen LogP contribution is 2.20. The Kier molecular flexibility index (Phi) is 5.13. The number of amides is 2. The van der Waals surface area contributed by atoms with E-state index in [1.165, 1.54) is 12.3 Å². The Balaban J connectivity index is 1.54. The zero-order valence-corrected chi connectivity index (χ0v) is 14.1. The van der Waals surface area contributed by atoms with Crippen LogP contribution in [0.2, 0.25) is 0 Å². The van der Waals surface area contributed by atoms with Crippen LogP contribution in [-0.4, -0.2) is 40.9 Å². The molecule has 0 atom stereocenters. The van der Waals surface area contributed by atoms with E-state index in [9.17, 15) is 9.59 Å². The van der Waals surface area contributed by atoms with Crippen molar-refractivity contribution in [3.63, 3.8) is 0 Å². The van der Waals surface area contributed by atoms with Crippen LogP contribution in [0.15, 0.2) is 42.6 Å². The maximum atomic E-state index is 12.5. The number of benzene rings is 1. The molecular formula is C19H18N4O3. The van der Waals surface area contributed by atoms with E-state index in [2.05, 4.69) is 11.1 Å². The van der Waals surface area contributed by atoms with Crippen molar-refractivity contribution in [3.05, 3.63) is 59.4 Å². The predicted molar refractivity (Wildman–Crippen MR) is 93.5 cm³/mol. The van der Waals surface area contributed by atoms with Crippen molar-refractivity contribution >= 4 is 11.8 Å². The molecule has 2 amide bonds. The molecule has 1 aliphatic rings. The number of primary amides is 1. The van der Waals surface area contributed by atoms with Crippen LogP contribution in [0.1, 0.15) is 39.3 Å². The molecular weight excluding hydrogens is 332 g/mol. The molecule has 0 saturated carbocycles. The third-order valence-electron chi connectivity index (χ3n) is 4.28. The predicted octanol–water partition coefficient (Wildman–Crippen LogP) is 1.74. The van der Waals surface area contributed by atoms with Crippen LogP contribution < -0.4 is 10.5 Å². The molecule has 2 aromatic rings. The monoisotopic (exact) mass is 350 g/mol. The number of carbonyl (C=O) groups excluding carboxylic acids is 2. The van der Waals surface area contributed by atoms with Crippen LogP contribution in [0.3, 0.4) is 0 Å². The van der Waals surface area contributed by atoms with Crippen molar-refractivity contribution in [2.45, 2.75) is 18.9 Å². The largest absolute Gasteiger partial charge is 0.490 e. The summed E-state index contributed by atoms with van der Waals surface area (Å²) in [5.41, 5.74) is 6.31. The number of carbonyl (C=O) groups is 2. The molecule has 7 heteroatoms. The first-order chi connectivity index (χ1) is 12.6. The third-order valence-corrected chi connectivity index (χ3v) is 4.28. The summed E-state index contributed by atoms with van der Waals surface area (Å²) in [5, 5.41) is 8.81. The average molecular weight is 350 g/mol. The fourth-order valence-electron chi connectivity index (χ4n) is 2.83. The Bertz CT molecular complexity index is 833. The number of ether oxygens (including phenoxy) is 1. The number of nitrogens with two attached hydrogens (primary N) is 1. The van der Waals surface area contributed by atoms with Gasteiger partial charge in [-0.2, -0.15) is 5.26 Å². The van der Waals surface area contributed by atoms with Crippen molar-refractivity contribution < 1.29 is 14.3 Å². The van der Waals surface area contributed by atoms with Crippen molar-refractivity contribution in [1.29, 1.82) is 5.26 Å². The SMILES string of the molecule is N#Cc1ccc(OC2CCN(C(=O)c3ccc(C(N)=O)nc3)CC2)cc1. The maximum Gasteiger partial charge on any atom is 0.267 e. The fraction of sp³-hybridized carbons (Fsp3) is 0.263. The lowest BCUT2D eigenvalue weighted by atomic mass is 10.1. The quantitative estimate of drug-likeness (QED) is 0.903. The second kappa shape index (κ2) is 7.66. The van der Waals surface area contributed by atoms with Crippen molar-refractivity contribution in [3.8, 4) is 11.8 Å². The number of nitriles is 1. The van der Waals surface area contributed by atoms with Gasteiger partial charge in [-0.1, -0.05) is 0 Å². The summed E-state index contributed by atoms with van der Waals surface area (Å²) in [7, 11) is 0. The van der Waals surface area contributed by atoms with E-state index in [-0.39, 0.29) is 17.7 Å². The van der Waals surface area contributed by atoms with Gasteiger partial charge in [0.1, 0.15) is 17.5 Å². The van der Waals surface area contributed by atoms with Crippen molar-refractivity contribution in [2.24, 2.45) is 5.73 Å². The summed E-state index contributed by atoms with van der Waals surface area (Å²) in [5.74, 6) is -0.0184. The Morgan fingerprint density at radius 3 is 2.38 bits per heavy atom. The highest BCUT2D eigenvalue weighted by molar-refractivity contribution is 5.95. The summed E-state index contributed by atoms with van der Waals surface area (Å²) in [6, 6.07) is 12.1. The van der Waals surface area contributed by atoms with Crippen LogP contribution in [0, 0.1) is 11.3 Å². The molecule has 2 heterocycles. The molecule has 0 aliphatic carbocycles. The molecule has 132 valence electrons. The van der Waals surface area contributed by atoms with Crippen molar-refractivity contribution in [2.75, 3.05) is 13.1 Å². The van der Waals surface area contributed by atoms with E-state index in [1.807, 2.05) is 0 Å². The van der Waals surface area contributed by atoms with Crippen molar-refractivity contribution in [1.82, 2.24) is 9.88 Å².